The molecular weight excluding hydrogens is 358 g/mol. The summed E-state index contributed by atoms with van der Waals surface area (Å²) in [6, 6.07) is 14.0. The van der Waals surface area contributed by atoms with Gasteiger partial charge in [-0.15, -0.1) is 0 Å². The van der Waals surface area contributed by atoms with E-state index in [4.69, 9.17) is 17.0 Å². The Morgan fingerprint density at radius 3 is 2.63 bits per heavy atom. The standard InChI is InChI=1S/C21H25N3O2S/c1-15-14-17(7-10-19(15)24-13-3-4-20(24)25)23-21(27)22-12-11-16-5-8-18(26-2)9-6-16/h5-10,14H,3-4,11-13H2,1-2H3,(H2,22,23,27). The van der Waals surface area contributed by atoms with E-state index in [1.165, 1.54) is 5.56 Å². The average Bonchev–Trinajstić information content (AvgIpc) is 3.08. The summed E-state index contributed by atoms with van der Waals surface area (Å²) in [4.78, 5) is 13.8. The maximum absolute atomic E-state index is 11.9. The highest BCUT2D eigenvalue weighted by Crippen LogP contribution is 2.27. The lowest BCUT2D eigenvalue weighted by Crippen LogP contribution is -2.30. The molecule has 2 N–H and O–H groups in total. The van der Waals surface area contributed by atoms with Crippen molar-refractivity contribution in [3.05, 3.63) is 53.6 Å². The Balaban J connectivity index is 1.50. The third-order valence-electron chi connectivity index (χ3n) is 4.68. The lowest BCUT2D eigenvalue weighted by molar-refractivity contribution is -0.117. The molecule has 27 heavy (non-hydrogen) atoms. The number of benzene rings is 2. The van der Waals surface area contributed by atoms with Crippen LogP contribution in [0.1, 0.15) is 24.0 Å². The Kier molecular flexibility index (Phi) is 6.29. The van der Waals surface area contributed by atoms with Crippen LogP contribution in [0, 0.1) is 6.92 Å². The lowest BCUT2D eigenvalue weighted by Gasteiger charge is -2.19. The van der Waals surface area contributed by atoms with E-state index in [0.717, 1.165) is 48.6 Å². The first-order valence-electron chi connectivity index (χ1n) is 9.15. The molecule has 0 spiro atoms. The van der Waals surface area contributed by atoms with Crippen LogP contribution in [0.2, 0.25) is 0 Å². The summed E-state index contributed by atoms with van der Waals surface area (Å²) >= 11 is 5.39. The number of thiocarbonyl (C=S) groups is 1. The van der Waals surface area contributed by atoms with Gasteiger partial charge in [-0.05, 0) is 73.4 Å². The third-order valence-corrected chi connectivity index (χ3v) is 4.92. The highest BCUT2D eigenvalue weighted by Gasteiger charge is 2.22. The zero-order valence-corrected chi connectivity index (χ0v) is 16.6. The van der Waals surface area contributed by atoms with Gasteiger partial charge in [0.25, 0.3) is 0 Å². The summed E-state index contributed by atoms with van der Waals surface area (Å²) in [6.45, 7) is 3.57. The van der Waals surface area contributed by atoms with Crippen LogP contribution >= 0.6 is 12.2 Å². The predicted octanol–water partition coefficient (Wildman–Crippen LogP) is 3.66. The first-order valence-corrected chi connectivity index (χ1v) is 9.56. The molecule has 1 heterocycles. The van der Waals surface area contributed by atoms with Crippen molar-refractivity contribution in [3.8, 4) is 5.75 Å². The molecule has 2 aromatic rings. The summed E-state index contributed by atoms with van der Waals surface area (Å²) in [5, 5.41) is 7.03. The highest BCUT2D eigenvalue weighted by molar-refractivity contribution is 7.80. The van der Waals surface area contributed by atoms with Gasteiger partial charge in [-0.1, -0.05) is 12.1 Å². The zero-order valence-electron chi connectivity index (χ0n) is 15.7. The van der Waals surface area contributed by atoms with Gasteiger partial charge in [-0.2, -0.15) is 0 Å². The van der Waals surface area contributed by atoms with E-state index in [1.54, 1.807) is 7.11 Å². The van der Waals surface area contributed by atoms with Gasteiger partial charge in [0.1, 0.15) is 5.75 Å². The minimum Gasteiger partial charge on any atom is -0.497 e. The van der Waals surface area contributed by atoms with E-state index in [-0.39, 0.29) is 5.91 Å². The maximum atomic E-state index is 11.9. The first-order chi connectivity index (χ1) is 13.1. The molecule has 3 rings (SSSR count). The van der Waals surface area contributed by atoms with Crippen LogP contribution < -0.4 is 20.3 Å². The first kappa shape index (κ1) is 19.2. The van der Waals surface area contributed by atoms with Gasteiger partial charge in [0.2, 0.25) is 5.91 Å². The quantitative estimate of drug-likeness (QED) is 0.746. The molecule has 5 nitrogen and oxygen atoms in total. The summed E-state index contributed by atoms with van der Waals surface area (Å²) < 4.78 is 5.17. The van der Waals surface area contributed by atoms with Gasteiger partial charge in [-0.3, -0.25) is 4.79 Å². The number of amides is 1. The minimum atomic E-state index is 0.203. The fraction of sp³-hybridized carbons (Fsp3) is 0.333. The Morgan fingerprint density at radius 2 is 2.00 bits per heavy atom. The van der Waals surface area contributed by atoms with Crippen LogP contribution in [0.5, 0.6) is 5.75 Å². The van der Waals surface area contributed by atoms with Crippen molar-refractivity contribution in [2.24, 2.45) is 0 Å². The Labute approximate surface area is 165 Å². The minimum absolute atomic E-state index is 0.203. The second-order valence-electron chi connectivity index (χ2n) is 6.63. The lowest BCUT2D eigenvalue weighted by atomic mass is 10.1. The molecule has 1 aliphatic heterocycles. The SMILES string of the molecule is COc1ccc(CCNC(=S)Nc2ccc(N3CCCC3=O)c(C)c2)cc1. The molecule has 0 aromatic heterocycles. The van der Waals surface area contributed by atoms with Crippen LogP contribution in [-0.2, 0) is 11.2 Å². The van der Waals surface area contributed by atoms with Gasteiger partial charge in [0.05, 0.1) is 7.11 Å². The zero-order chi connectivity index (χ0) is 19.2. The second-order valence-corrected chi connectivity index (χ2v) is 7.04. The fourth-order valence-corrected chi connectivity index (χ4v) is 3.45. The molecule has 142 valence electrons. The number of ether oxygens (including phenoxy) is 1. The fourth-order valence-electron chi connectivity index (χ4n) is 3.23. The molecule has 1 aliphatic rings. The molecule has 0 aliphatic carbocycles. The molecule has 0 radical (unpaired) electrons. The van der Waals surface area contributed by atoms with Crippen LogP contribution in [0.25, 0.3) is 0 Å². The van der Waals surface area contributed by atoms with Crippen molar-refractivity contribution in [2.45, 2.75) is 26.2 Å². The number of carbonyl (C=O) groups excluding carboxylic acids is 1. The van der Waals surface area contributed by atoms with Crippen LogP contribution in [-0.4, -0.2) is 31.2 Å². The summed E-state index contributed by atoms with van der Waals surface area (Å²) in [6.07, 6.45) is 2.45. The number of nitrogens with zero attached hydrogens (tertiary/aromatic N) is 1. The van der Waals surface area contributed by atoms with Crippen molar-refractivity contribution in [3.63, 3.8) is 0 Å². The number of nitrogens with one attached hydrogen (secondary N) is 2. The normalized spacial score (nSPS) is 13.6. The molecule has 1 amide bonds. The topological polar surface area (TPSA) is 53.6 Å². The van der Waals surface area contributed by atoms with Crippen molar-refractivity contribution < 1.29 is 9.53 Å². The smallest absolute Gasteiger partial charge is 0.227 e. The van der Waals surface area contributed by atoms with E-state index in [0.29, 0.717) is 11.5 Å². The third kappa shape index (κ3) is 4.98. The number of hydrogen-bond acceptors (Lipinski definition) is 3. The predicted molar refractivity (Wildman–Crippen MR) is 114 cm³/mol. The monoisotopic (exact) mass is 383 g/mol. The number of hydrogen-bond donors (Lipinski definition) is 2. The summed E-state index contributed by atoms with van der Waals surface area (Å²) in [7, 11) is 1.66. The summed E-state index contributed by atoms with van der Waals surface area (Å²) in [5.41, 5.74) is 4.20. The number of aryl methyl sites for hydroxylation is 1. The van der Waals surface area contributed by atoms with E-state index in [9.17, 15) is 4.79 Å². The van der Waals surface area contributed by atoms with Crippen LogP contribution in [0.3, 0.4) is 0 Å². The Bertz CT molecular complexity index is 821. The van der Waals surface area contributed by atoms with Crippen molar-refractivity contribution in [2.75, 3.05) is 30.4 Å². The molecule has 0 atom stereocenters. The second kappa shape index (κ2) is 8.86. The molecule has 6 heteroatoms. The molecule has 0 saturated carbocycles. The van der Waals surface area contributed by atoms with Crippen LogP contribution in [0.4, 0.5) is 11.4 Å². The van der Waals surface area contributed by atoms with Crippen molar-refractivity contribution in [1.29, 1.82) is 0 Å². The van der Waals surface area contributed by atoms with Gasteiger partial charge in [0.15, 0.2) is 5.11 Å². The van der Waals surface area contributed by atoms with Gasteiger partial charge >= 0.3 is 0 Å². The number of methoxy groups -OCH3 is 1. The van der Waals surface area contributed by atoms with Crippen molar-refractivity contribution in [1.82, 2.24) is 5.32 Å². The molecule has 2 aromatic carbocycles. The van der Waals surface area contributed by atoms with E-state index < -0.39 is 0 Å². The van der Waals surface area contributed by atoms with Gasteiger partial charge in [-0.25, -0.2) is 0 Å². The average molecular weight is 384 g/mol. The number of rotatable bonds is 6. The van der Waals surface area contributed by atoms with E-state index in [2.05, 4.69) is 22.8 Å². The molecule has 0 unspecified atom stereocenters. The molecule has 0 bridgehead atoms. The van der Waals surface area contributed by atoms with Crippen molar-refractivity contribution >= 4 is 34.6 Å². The molecule has 1 fully saturated rings. The Hall–Kier alpha value is -2.60. The maximum Gasteiger partial charge on any atom is 0.227 e. The molecular formula is C21H25N3O2S. The van der Waals surface area contributed by atoms with Crippen LogP contribution in [0.15, 0.2) is 42.5 Å². The Morgan fingerprint density at radius 1 is 1.22 bits per heavy atom. The van der Waals surface area contributed by atoms with E-state index in [1.807, 2.05) is 42.2 Å². The summed E-state index contributed by atoms with van der Waals surface area (Å²) in [5.74, 6) is 1.06. The number of carbonyl (C=O) groups is 1. The van der Waals surface area contributed by atoms with Gasteiger partial charge in [0, 0.05) is 30.9 Å². The largest absolute Gasteiger partial charge is 0.497 e. The molecule has 1 saturated heterocycles. The van der Waals surface area contributed by atoms with Gasteiger partial charge < -0.3 is 20.3 Å². The van der Waals surface area contributed by atoms with E-state index >= 15 is 0 Å². The number of anilines is 2. The highest BCUT2D eigenvalue weighted by atomic mass is 32.1.